The molecule has 3 aromatic carbocycles. The zero-order valence-corrected chi connectivity index (χ0v) is 22.9. The van der Waals surface area contributed by atoms with E-state index in [9.17, 15) is 4.79 Å². The molecule has 0 unspecified atom stereocenters. The third kappa shape index (κ3) is 4.35. The fourth-order valence-corrected chi connectivity index (χ4v) is 6.37. The highest BCUT2D eigenvalue weighted by Crippen LogP contribution is 2.43. The van der Waals surface area contributed by atoms with E-state index in [1.165, 1.54) is 5.56 Å². The van der Waals surface area contributed by atoms with Crippen LogP contribution < -0.4 is 14.6 Å². The van der Waals surface area contributed by atoms with E-state index in [1.54, 1.807) is 18.4 Å². The van der Waals surface area contributed by atoms with Crippen molar-refractivity contribution >= 4 is 38.2 Å². The Labute approximate surface area is 226 Å². The van der Waals surface area contributed by atoms with Crippen molar-refractivity contribution in [1.29, 1.82) is 0 Å². The molecule has 2 aromatic heterocycles. The summed E-state index contributed by atoms with van der Waals surface area (Å²) in [6.45, 7) is 6.44. The number of para-hydroxylation sites is 1. The first-order valence-electron chi connectivity index (χ1n) is 12.8. The van der Waals surface area contributed by atoms with Gasteiger partial charge in [-0.15, -0.1) is 0 Å². The van der Waals surface area contributed by atoms with Gasteiger partial charge in [-0.05, 0) is 48.7 Å². The summed E-state index contributed by atoms with van der Waals surface area (Å²) in [5.41, 5.74) is 7.67. The molecule has 0 saturated heterocycles. The zero-order valence-electron chi connectivity index (χ0n) is 22.0. The van der Waals surface area contributed by atoms with Gasteiger partial charge < -0.3 is 10.1 Å². The van der Waals surface area contributed by atoms with Gasteiger partial charge in [-0.3, -0.25) is 4.79 Å². The van der Waals surface area contributed by atoms with Gasteiger partial charge in [-0.1, -0.05) is 61.1 Å². The molecule has 5 nitrogen and oxygen atoms in total. The molecule has 0 saturated carbocycles. The maximum atomic E-state index is 13.8. The summed E-state index contributed by atoms with van der Waals surface area (Å²) in [6, 6.07) is 26.7. The second-order valence-electron chi connectivity index (χ2n) is 10.7. The lowest BCUT2D eigenvalue weighted by Gasteiger charge is -2.28. The van der Waals surface area contributed by atoms with Crippen LogP contribution in [0.2, 0.25) is 0 Å². The third-order valence-electron chi connectivity index (χ3n) is 7.11. The second-order valence-corrected chi connectivity index (χ2v) is 11.7. The van der Waals surface area contributed by atoms with Gasteiger partial charge in [-0.25, -0.2) is 4.98 Å². The molecule has 1 N–H and O–H groups in total. The van der Waals surface area contributed by atoms with Crippen molar-refractivity contribution in [3.8, 4) is 22.7 Å². The van der Waals surface area contributed by atoms with Gasteiger partial charge in [0.15, 0.2) is 10.9 Å². The first kappa shape index (κ1) is 24.3. The Morgan fingerprint density at radius 1 is 0.947 bits per heavy atom. The van der Waals surface area contributed by atoms with Gasteiger partial charge >= 0.3 is 0 Å². The lowest BCUT2D eigenvalue weighted by molar-refractivity contribution is -0.592. The highest BCUT2D eigenvalue weighted by atomic mass is 32.1. The van der Waals surface area contributed by atoms with Crippen LogP contribution in [0.3, 0.4) is 0 Å². The summed E-state index contributed by atoms with van der Waals surface area (Å²) < 4.78 is 8.73. The quantitative estimate of drug-likeness (QED) is 0.245. The van der Waals surface area contributed by atoms with Gasteiger partial charge in [-0.2, -0.15) is 4.57 Å². The van der Waals surface area contributed by atoms with Crippen LogP contribution in [-0.2, 0) is 6.42 Å². The van der Waals surface area contributed by atoms with Crippen molar-refractivity contribution in [2.45, 2.75) is 33.6 Å². The van der Waals surface area contributed by atoms with Crippen LogP contribution in [0.1, 0.15) is 41.9 Å². The molecule has 38 heavy (non-hydrogen) atoms. The number of anilines is 2. The number of carbonyl (C=O) groups excluding carboxylic acids is 1. The number of carbonyl (C=O) groups is 1. The topological polar surface area (TPSA) is 55.1 Å². The Balaban J connectivity index is 1.70. The smallest absolute Gasteiger partial charge is 0.238 e. The Bertz CT molecular complexity index is 1650. The molecule has 190 valence electrons. The van der Waals surface area contributed by atoms with Gasteiger partial charge in [0, 0.05) is 36.2 Å². The molecule has 0 fully saturated rings. The minimum atomic E-state index is -0.150. The summed E-state index contributed by atoms with van der Waals surface area (Å²) in [6.07, 6.45) is 1.28. The number of aromatic nitrogens is 2. The van der Waals surface area contributed by atoms with Crippen LogP contribution in [0, 0.1) is 12.3 Å². The summed E-state index contributed by atoms with van der Waals surface area (Å²) in [7, 11) is 1.68. The number of thiazole rings is 1. The first-order valence-corrected chi connectivity index (χ1v) is 13.6. The zero-order chi connectivity index (χ0) is 26.4. The van der Waals surface area contributed by atoms with E-state index in [2.05, 4.69) is 67.1 Å². The number of aryl methyl sites for hydroxylation is 1. The second kappa shape index (κ2) is 9.37. The molecule has 0 bridgehead atoms. The number of pyridine rings is 1. The Morgan fingerprint density at radius 2 is 1.66 bits per heavy atom. The molecule has 6 rings (SSSR count). The maximum Gasteiger partial charge on any atom is 0.238 e. The van der Waals surface area contributed by atoms with Crippen molar-refractivity contribution in [2.75, 3.05) is 12.4 Å². The number of nitrogens with one attached hydrogen (secondary N) is 1. The minimum absolute atomic E-state index is 0.150. The number of rotatable bonds is 5. The average molecular weight is 521 g/mol. The van der Waals surface area contributed by atoms with Crippen molar-refractivity contribution in [3.05, 3.63) is 95.7 Å². The molecule has 2 heterocycles. The number of hydrogen-bond acceptors (Lipinski definition) is 5. The van der Waals surface area contributed by atoms with E-state index in [0.29, 0.717) is 6.42 Å². The normalized spacial score (nSPS) is 14.4. The number of ether oxygens (including phenoxy) is 1. The average Bonchev–Trinajstić information content (AvgIpc) is 3.31. The predicted molar refractivity (Wildman–Crippen MR) is 154 cm³/mol. The minimum Gasteiger partial charge on any atom is -0.497 e. The molecular formula is C32H30N3O2S+. The molecule has 0 aliphatic heterocycles. The van der Waals surface area contributed by atoms with Gasteiger partial charge in [0.2, 0.25) is 17.1 Å². The fraction of sp³-hybridized carbons (Fsp3) is 0.219. The summed E-state index contributed by atoms with van der Waals surface area (Å²) in [5, 5.41) is 4.23. The molecule has 0 radical (unpaired) electrons. The van der Waals surface area contributed by atoms with Crippen LogP contribution in [0.25, 0.3) is 27.2 Å². The van der Waals surface area contributed by atoms with E-state index >= 15 is 0 Å². The lowest BCUT2D eigenvalue weighted by Crippen LogP contribution is -2.45. The van der Waals surface area contributed by atoms with Crippen LogP contribution in [0.5, 0.6) is 5.75 Å². The largest absolute Gasteiger partial charge is 0.497 e. The molecule has 1 aliphatic rings. The molecule has 5 aromatic rings. The third-order valence-corrected chi connectivity index (χ3v) is 8.08. The number of hydrogen-bond donors (Lipinski definition) is 1. The highest BCUT2D eigenvalue weighted by Gasteiger charge is 2.42. The van der Waals surface area contributed by atoms with Crippen molar-refractivity contribution < 1.29 is 14.1 Å². The lowest BCUT2D eigenvalue weighted by atomic mass is 9.75. The molecule has 1 aliphatic carbocycles. The van der Waals surface area contributed by atoms with Crippen molar-refractivity contribution in [3.63, 3.8) is 0 Å². The van der Waals surface area contributed by atoms with Gasteiger partial charge in [0.05, 0.1) is 7.11 Å². The summed E-state index contributed by atoms with van der Waals surface area (Å²) in [5.74, 6) is 0.955. The maximum absolute atomic E-state index is 13.8. The van der Waals surface area contributed by atoms with Crippen LogP contribution in [0.4, 0.5) is 10.8 Å². The summed E-state index contributed by atoms with van der Waals surface area (Å²) >= 11 is 1.58. The van der Waals surface area contributed by atoms with Crippen LogP contribution in [0.15, 0.2) is 78.9 Å². The van der Waals surface area contributed by atoms with E-state index in [-0.39, 0.29) is 11.2 Å². The molecular weight excluding hydrogens is 490 g/mol. The van der Waals surface area contributed by atoms with Crippen LogP contribution >= 0.6 is 11.3 Å². The Morgan fingerprint density at radius 3 is 2.34 bits per heavy atom. The van der Waals surface area contributed by atoms with Gasteiger partial charge in [0.1, 0.15) is 21.5 Å². The number of fused-ring (bicyclic) bond motifs is 3. The Hall–Kier alpha value is -4.03. The monoisotopic (exact) mass is 520 g/mol. The van der Waals surface area contributed by atoms with E-state index in [4.69, 9.17) is 9.72 Å². The van der Waals surface area contributed by atoms with Gasteiger partial charge in [0.25, 0.3) is 0 Å². The fourth-order valence-electron chi connectivity index (χ4n) is 5.32. The summed E-state index contributed by atoms with van der Waals surface area (Å²) in [4.78, 5) is 18.8. The van der Waals surface area contributed by atoms with Crippen molar-refractivity contribution in [2.24, 2.45) is 5.41 Å². The molecule has 0 spiro atoms. The highest BCUT2D eigenvalue weighted by molar-refractivity contribution is 7.22. The number of benzene rings is 3. The number of nitrogens with zero attached hydrogens (tertiary/aromatic N) is 2. The first-order chi connectivity index (χ1) is 18.3. The van der Waals surface area contributed by atoms with Crippen LogP contribution in [-0.4, -0.2) is 17.9 Å². The van der Waals surface area contributed by atoms with E-state index in [1.807, 2.05) is 42.5 Å². The Kier molecular flexibility index (Phi) is 6.00. The molecule has 6 heteroatoms. The number of ketones is 1. The van der Waals surface area contributed by atoms with E-state index < -0.39 is 0 Å². The molecule has 0 atom stereocenters. The molecule has 0 amide bonds. The van der Waals surface area contributed by atoms with E-state index in [0.717, 1.165) is 61.4 Å². The standard InChI is InChI=1S/C32H29N3O2S/c1-20-10-14-23(15-11-20)35-25-18-32(2,3)19-26(36)27(25)28-30(29(35)21-12-16-24(37-4)17-13-21)38-31(34-28)33-22-8-6-5-7-9-22/h5-17H,18-19H2,1-4H3/p+1. The SMILES string of the molecule is COc1ccc(-c2c3sc(Nc4ccccc4)nc3c3c([n+]2-c2ccc(C)cc2)CC(C)(C)CC3=O)cc1. The predicted octanol–water partition coefficient (Wildman–Crippen LogP) is 7.46. The van der Waals surface area contributed by atoms with Crippen molar-refractivity contribution in [1.82, 2.24) is 4.98 Å². The number of methoxy groups -OCH3 is 1. The number of Topliss-reactive ketones (excluding diaryl/α,β-unsaturated/α-hetero) is 1.